The Morgan fingerprint density at radius 2 is 1.79 bits per heavy atom. The first-order valence-electron chi connectivity index (χ1n) is 8.40. The van der Waals surface area contributed by atoms with Crippen molar-refractivity contribution >= 4 is 38.8 Å². The third kappa shape index (κ3) is 3.71. The highest BCUT2D eigenvalue weighted by atomic mass is 32.2. The van der Waals surface area contributed by atoms with E-state index in [2.05, 4.69) is 4.98 Å². The third-order valence-corrected chi connectivity index (χ3v) is 6.70. The molecule has 2 aromatic rings. The summed E-state index contributed by atoms with van der Waals surface area (Å²) < 4.78 is 61.1. The number of sulfone groups is 1. The van der Waals surface area contributed by atoms with Gasteiger partial charge >= 0.3 is 11.5 Å². The minimum Gasteiger partial charge on any atom is -0.311 e. The standard InChI is InChI=1S/C18H16F3N3O3S2/c1-11-9-22-8-7-13(11)10-23-12(2)16(28)24(17(23)25)14-3-5-15(6-4-14)29(26,27)18(19,20)21/h3-9,12H,10H2,1-2H3. The number of halogens is 3. The Hall–Kier alpha value is -2.53. The van der Waals surface area contributed by atoms with Crippen molar-refractivity contribution in [3.8, 4) is 0 Å². The summed E-state index contributed by atoms with van der Waals surface area (Å²) in [5, 5.41) is 0. The number of anilines is 1. The molecule has 1 aliphatic heterocycles. The molecule has 1 fully saturated rings. The monoisotopic (exact) mass is 443 g/mol. The van der Waals surface area contributed by atoms with Gasteiger partial charge in [-0.15, -0.1) is 0 Å². The second kappa shape index (κ2) is 7.38. The lowest BCUT2D eigenvalue weighted by atomic mass is 10.1. The molecule has 0 saturated carbocycles. The van der Waals surface area contributed by atoms with Gasteiger partial charge in [-0.05, 0) is 55.3 Å². The number of aromatic nitrogens is 1. The van der Waals surface area contributed by atoms with E-state index in [1.165, 1.54) is 9.80 Å². The number of nitrogens with zero attached hydrogens (tertiary/aromatic N) is 3. The SMILES string of the molecule is Cc1cnccc1CN1C(=O)N(c2ccc(S(=O)(=O)C(F)(F)F)cc2)C(=S)C1C. The Morgan fingerprint density at radius 3 is 2.34 bits per heavy atom. The zero-order chi connectivity index (χ0) is 21.6. The summed E-state index contributed by atoms with van der Waals surface area (Å²) >= 11 is 5.37. The van der Waals surface area contributed by atoms with Crippen LogP contribution in [0.25, 0.3) is 0 Å². The molecule has 0 spiro atoms. The number of carbonyl (C=O) groups excluding carboxylic acids is 1. The highest BCUT2D eigenvalue weighted by molar-refractivity contribution is 7.92. The number of aryl methyl sites for hydroxylation is 1. The van der Waals surface area contributed by atoms with Crippen molar-refractivity contribution in [3.63, 3.8) is 0 Å². The van der Waals surface area contributed by atoms with E-state index in [1.807, 2.05) is 6.92 Å². The Labute approximate surface area is 170 Å². The normalized spacial score (nSPS) is 17.9. The molecule has 6 nitrogen and oxygen atoms in total. The number of hydrogen-bond acceptors (Lipinski definition) is 5. The van der Waals surface area contributed by atoms with Crippen LogP contribution in [0.4, 0.5) is 23.7 Å². The number of hydrogen-bond donors (Lipinski definition) is 0. The smallest absolute Gasteiger partial charge is 0.311 e. The molecule has 154 valence electrons. The molecule has 1 saturated heterocycles. The zero-order valence-corrected chi connectivity index (χ0v) is 17.0. The molecule has 0 aliphatic carbocycles. The van der Waals surface area contributed by atoms with E-state index < -0.39 is 32.3 Å². The fraction of sp³-hybridized carbons (Fsp3) is 0.278. The highest BCUT2D eigenvalue weighted by Gasteiger charge is 2.47. The van der Waals surface area contributed by atoms with E-state index >= 15 is 0 Å². The van der Waals surface area contributed by atoms with Crippen LogP contribution in [0.3, 0.4) is 0 Å². The zero-order valence-electron chi connectivity index (χ0n) is 15.3. The topological polar surface area (TPSA) is 70.6 Å². The van der Waals surface area contributed by atoms with Gasteiger partial charge in [-0.3, -0.25) is 9.88 Å². The Bertz CT molecular complexity index is 1070. The van der Waals surface area contributed by atoms with Gasteiger partial charge in [0.2, 0.25) is 0 Å². The number of rotatable bonds is 4. The minimum atomic E-state index is -5.46. The molecule has 3 rings (SSSR count). The van der Waals surface area contributed by atoms with Crippen LogP contribution in [0.1, 0.15) is 18.1 Å². The Kier molecular flexibility index (Phi) is 5.39. The van der Waals surface area contributed by atoms with E-state index in [-0.39, 0.29) is 17.2 Å². The molecule has 1 aromatic heterocycles. The molecule has 1 aromatic carbocycles. The van der Waals surface area contributed by atoms with E-state index in [1.54, 1.807) is 25.4 Å². The molecular weight excluding hydrogens is 427 g/mol. The van der Waals surface area contributed by atoms with E-state index in [0.717, 1.165) is 35.4 Å². The van der Waals surface area contributed by atoms with Gasteiger partial charge in [0, 0.05) is 18.9 Å². The molecule has 0 radical (unpaired) electrons. The lowest BCUT2D eigenvalue weighted by Gasteiger charge is -2.21. The van der Waals surface area contributed by atoms with Gasteiger partial charge in [-0.25, -0.2) is 13.2 Å². The molecule has 1 unspecified atom stereocenters. The summed E-state index contributed by atoms with van der Waals surface area (Å²) in [6.07, 6.45) is 3.29. The van der Waals surface area contributed by atoms with Crippen LogP contribution in [-0.2, 0) is 16.4 Å². The van der Waals surface area contributed by atoms with Crippen molar-refractivity contribution in [2.24, 2.45) is 0 Å². The van der Waals surface area contributed by atoms with Gasteiger partial charge in [0.15, 0.2) is 0 Å². The molecule has 1 atom stereocenters. The number of alkyl halides is 3. The molecule has 0 bridgehead atoms. The van der Waals surface area contributed by atoms with Crippen LogP contribution >= 0.6 is 12.2 Å². The second-order valence-electron chi connectivity index (χ2n) is 6.51. The first kappa shape index (κ1) is 21.2. The van der Waals surface area contributed by atoms with E-state index in [0.29, 0.717) is 0 Å². The maximum atomic E-state index is 12.9. The molecule has 2 amide bonds. The minimum absolute atomic E-state index is 0.196. The lowest BCUT2D eigenvalue weighted by Crippen LogP contribution is -2.33. The number of amides is 2. The largest absolute Gasteiger partial charge is 0.501 e. The number of thiocarbonyl (C=S) groups is 1. The fourth-order valence-corrected chi connectivity index (χ4v) is 3.99. The summed E-state index contributed by atoms with van der Waals surface area (Å²) in [6, 6.07) is 4.82. The van der Waals surface area contributed by atoms with Gasteiger partial charge in [0.1, 0.15) is 4.99 Å². The first-order chi connectivity index (χ1) is 13.4. The number of urea groups is 1. The third-order valence-electron chi connectivity index (χ3n) is 4.67. The van der Waals surface area contributed by atoms with Crippen molar-refractivity contribution in [1.29, 1.82) is 0 Å². The molecule has 2 heterocycles. The number of benzene rings is 1. The highest BCUT2D eigenvalue weighted by Crippen LogP contribution is 2.33. The average Bonchev–Trinajstić information content (AvgIpc) is 2.86. The molecule has 1 aliphatic rings. The summed E-state index contributed by atoms with van der Waals surface area (Å²) in [4.78, 5) is 19.0. The van der Waals surface area contributed by atoms with Crippen LogP contribution < -0.4 is 4.90 Å². The van der Waals surface area contributed by atoms with E-state index in [9.17, 15) is 26.4 Å². The van der Waals surface area contributed by atoms with Crippen LogP contribution in [0.2, 0.25) is 0 Å². The van der Waals surface area contributed by atoms with Crippen molar-refractivity contribution in [1.82, 2.24) is 9.88 Å². The Balaban J connectivity index is 1.89. The number of carbonyl (C=O) groups is 1. The predicted molar refractivity (Wildman–Crippen MR) is 104 cm³/mol. The van der Waals surface area contributed by atoms with Crippen LogP contribution in [0.5, 0.6) is 0 Å². The van der Waals surface area contributed by atoms with Crippen molar-refractivity contribution in [2.45, 2.75) is 36.8 Å². The van der Waals surface area contributed by atoms with Crippen molar-refractivity contribution in [2.75, 3.05) is 4.90 Å². The van der Waals surface area contributed by atoms with Crippen molar-refractivity contribution in [3.05, 3.63) is 53.9 Å². The van der Waals surface area contributed by atoms with Crippen LogP contribution in [-0.4, -0.2) is 40.9 Å². The van der Waals surface area contributed by atoms with Gasteiger partial charge in [-0.1, -0.05) is 12.2 Å². The molecule has 0 N–H and O–H groups in total. The second-order valence-corrected chi connectivity index (χ2v) is 8.86. The summed E-state index contributed by atoms with van der Waals surface area (Å²) in [5.41, 5.74) is -3.42. The summed E-state index contributed by atoms with van der Waals surface area (Å²) in [5.74, 6) is 0. The van der Waals surface area contributed by atoms with Crippen LogP contribution in [0, 0.1) is 6.92 Å². The maximum absolute atomic E-state index is 12.9. The first-order valence-corrected chi connectivity index (χ1v) is 10.3. The predicted octanol–water partition coefficient (Wildman–Crippen LogP) is 3.84. The number of pyridine rings is 1. The summed E-state index contributed by atoms with van der Waals surface area (Å²) in [7, 11) is -5.46. The van der Waals surface area contributed by atoms with Gasteiger partial charge in [0.25, 0.3) is 9.84 Å². The average molecular weight is 443 g/mol. The van der Waals surface area contributed by atoms with Gasteiger partial charge in [-0.2, -0.15) is 13.2 Å². The fourth-order valence-electron chi connectivity index (χ4n) is 2.92. The van der Waals surface area contributed by atoms with Crippen molar-refractivity contribution < 1.29 is 26.4 Å². The Morgan fingerprint density at radius 1 is 1.17 bits per heavy atom. The lowest BCUT2D eigenvalue weighted by molar-refractivity contribution is -0.0436. The molecular formula is C18H16F3N3O3S2. The molecule has 11 heteroatoms. The summed E-state index contributed by atoms with van der Waals surface area (Å²) in [6.45, 7) is 3.90. The molecule has 29 heavy (non-hydrogen) atoms. The maximum Gasteiger partial charge on any atom is 0.501 e. The van der Waals surface area contributed by atoms with Crippen LogP contribution in [0.15, 0.2) is 47.6 Å². The quantitative estimate of drug-likeness (QED) is 0.672. The van der Waals surface area contributed by atoms with Gasteiger partial charge < -0.3 is 4.90 Å². The van der Waals surface area contributed by atoms with Gasteiger partial charge in [0.05, 0.1) is 16.6 Å². The van der Waals surface area contributed by atoms with E-state index in [4.69, 9.17) is 12.2 Å².